The summed E-state index contributed by atoms with van der Waals surface area (Å²) in [5.41, 5.74) is 3.46. The Morgan fingerprint density at radius 2 is 1.53 bits per heavy atom. The van der Waals surface area contributed by atoms with Crippen LogP contribution in [0.5, 0.6) is 0 Å². The Morgan fingerprint density at radius 1 is 0.867 bits per heavy atom. The molecular weight excluding hydrogens is 674 g/mol. The van der Waals surface area contributed by atoms with E-state index in [0.29, 0.717) is 16.3 Å². The van der Waals surface area contributed by atoms with Crippen LogP contribution in [-0.4, -0.2) is 43.8 Å². The third kappa shape index (κ3) is 8.96. The molecule has 0 spiro atoms. The minimum Gasteiger partial charge on any atom is -0.352 e. The standard InChI is InChI=1S/C35H37BrClN3O4S/c1-24(2)38-35(42)33(21-27-9-6-5-7-10-27)39(22-28-11-8-12-29(36)20-28)34(41)23-40(32-18-15-30(37)19-26(32)4)45(43,44)31-16-13-25(3)14-17-31/h5-20,24,33H,21-23H2,1-4H3,(H,38,42). The maximum absolute atomic E-state index is 14.6. The van der Waals surface area contributed by atoms with E-state index in [1.54, 1.807) is 37.3 Å². The molecule has 0 saturated heterocycles. The number of hydrogen-bond acceptors (Lipinski definition) is 4. The molecule has 0 fully saturated rings. The molecule has 4 rings (SSSR count). The van der Waals surface area contributed by atoms with Crippen LogP contribution in [0.3, 0.4) is 0 Å². The fourth-order valence-corrected chi connectivity index (χ4v) is 7.17. The van der Waals surface area contributed by atoms with Crippen LogP contribution in [-0.2, 0) is 32.6 Å². The second-order valence-electron chi connectivity index (χ2n) is 11.3. The van der Waals surface area contributed by atoms with Gasteiger partial charge < -0.3 is 10.2 Å². The molecule has 236 valence electrons. The summed E-state index contributed by atoms with van der Waals surface area (Å²) in [6, 6.07) is 27.2. The van der Waals surface area contributed by atoms with Crippen molar-refractivity contribution in [2.45, 2.75) is 57.6 Å². The lowest BCUT2D eigenvalue weighted by Gasteiger charge is -2.34. The number of amides is 2. The van der Waals surface area contributed by atoms with E-state index >= 15 is 0 Å². The number of nitrogens with one attached hydrogen (secondary N) is 1. The van der Waals surface area contributed by atoms with Crippen molar-refractivity contribution in [2.24, 2.45) is 0 Å². The van der Waals surface area contributed by atoms with Crippen LogP contribution in [0.15, 0.2) is 106 Å². The van der Waals surface area contributed by atoms with Crippen LogP contribution in [0.25, 0.3) is 0 Å². The summed E-state index contributed by atoms with van der Waals surface area (Å²) in [4.78, 5) is 29.9. The van der Waals surface area contributed by atoms with Crippen LogP contribution in [0.1, 0.15) is 36.1 Å². The van der Waals surface area contributed by atoms with E-state index < -0.39 is 28.5 Å². The Labute approximate surface area is 279 Å². The minimum absolute atomic E-state index is 0.0483. The number of aryl methyl sites for hydroxylation is 2. The van der Waals surface area contributed by atoms with Gasteiger partial charge in [-0.15, -0.1) is 0 Å². The number of benzene rings is 4. The van der Waals surface area contributed by atoms with Gasteiger partial charge in [-0.25, -0.2) is 8.42 Å². The van der Waals surface area contributed by atoms with Gasteiger partial charge in [0.2, 0.25) is 11.8 Å². The smallest absolute Gasteiger partial charge is 0.264 e. The molecule has 0 aliphatic rings. The molecule has 10 heteroatoms. The van der Waals surface area contributed by atoms with E-state index in [1.165, 1.54) is 17.0 Å². The maximum Gasteiger partial charge on any atom is 0.264 e. The Balaban J connectivity index is 1.83. The summed E-state index contributed by atoms with van der Waals surface area (Å²) in [5.74, 6) is -0.854. The highest BCUT2D eigenvalue weighted by molar-refractivity contribution is 9.10. The lowest BCUT2D eigenvalue weighted by Crippen LogP contribution is -2.54. The lowest BCUT2D eigenvalue weighted by atomic mass is 10.0. The number of carbonyl (C=O) groups excluding carboxylic acids is 2. The first-order valence-corrected chi connectivity index (χ1v) is 17.2. The van der Waals surface area contributed by atoms with Crippen molar-refractivity contribution in [1.29, 1.82) is 0 Å². The first-order valence-electron chi connectivity index (χ1n) is 14.6. The number of hydrogen-bond donors (Lipinski definition) is 1. The Kier molecular flexibility index (Phi) is 11.5. The SMILES string of the molecule is Cc1ccc(S(=O)(=O)N(CC(=O)N(Cc2cccc(Br)c2)C(Cc2ccccc2)C(=O)NC(C)C)c2ccc(Cl)cc2C)cc1. The molecule has 0 aromatic heterocycles. The van der Waals surface area contributed by atoms with E-state index in [9.17, 15) is 18.0 Å². The number of rotatable bonds is 12. The van der Waals surface area contributed by atoms with Gasteiger partial charge in [0.25, 0.3) is 10.0 Å². The highest BCUT2D eigenvalue weighted by atomic mass is 79.9. The van der Waals surface area contributed by atoms with E-state index in [1.807, 2.05) is 75.4 Å². The molecule has 0 bridgehead atoms. The lowest BCUT2D eigenvalue weighted by molar-refractivity contribution is -0.140. The molecule has 0 heterocycles. The second kappa shape index (κ2) is 15.1. The molecule has 1 N–H and O–H groups in total. The van der Waals surface area contributed by atoms with Gasteiger partial charge in [-0.05, 0) is 86.8 Å². The number of nitrogens with zero attached hydrogens (tertiary/aromatic N) is 2. The topological polar surface area (TPSA) is 86.8 Å². The third-order valence-electron chi connectivity index (χ3n) is 7.26. The predicted molar refractivity (Wildman–Crippen MR) is 184 cm³/mol. The van der Waals surface area contributed by atoms with Crippen molar-refractivity contribution < 1.29 is 18.0 Å². The summed E-state index contributed by atoms with van der Waals surface area (Å²) in [6.07, 6.45) is 0.240. The Bertz CT molecular complexity index is 1750. The van der Waals surface area contributed by atoms with Gasteiger partial charge >= 0.3 is 0 Å². The highest BCUT2D eigenvalue weighted by Gasteiger charge is 2.35. The summed E-state index contributed by atoms with van der Waals surface area (Å²) < 4.78 is 30.4. The maximum atomic E-state index is 14.6. The second-order valence-corrected chi connectivity index (χ2v) is 14.5. The zero-order chi connectivity index (χ0) is 32.7. The van der Waals surface area contributed by atoms with Gasteiger partial charge in [0.15, 0.2) is 0 Å². The molecule has 0 aliphatic carbocycles. The van der Waals surface area contributed by atoms with Gasteiger partial charge in [0.05, 0.1) is 10.6 Å². The van der Waals surface area contributed by atoms with E-state index in [4.69, 9.17) is 11.6 Å². The molecule has 0 radical (unpaired) electrons. The fourth-order valence-electron chi connectivity index (χ4n) is 5.02. The monoisotopic (exact) mass is 709 g/mol. The molecular formula is C35H37BrClN3O4S. The van der Waals surface area contributed by atoms with Crippen LogP contribution >= 0.6 is 27.5 Å². The molecule has 4 aromatic rings. The number of halogens is 2. The van der Waals surface area contributed by atoms with Crippen molar-refractivity contribution >= 4 is 55.1 Å². The quantitative estimate of drug-likeness (QED) is 0.170. The summed E-state index contributed by atoms with van der Waals surface area (Å²) >= 11 is 9.74. The molecule has 0 aliphatic heterocycles. The van der Waals surface area contributed by atoms with Gasteiger partial charge in [0.1, 0.15) is 12.6 Å². The third-order valence-corrected chi connectivity index (χ3v) is 9.76. The van der Waals surface area contributed by atoms with Crippen LogP contribution in [0.4, 0.5) is 5.69 Å². The minimum atomic E-state index is -4.20. The molecule has 1 atom stereocenters. The Morgan fingerprint density at radius 3 is 2.16 bits per heavy atom. The molecule has 7 nitrogen and oxygen atoms in total. The van der Waals surface area contributed by atoms with Gasteiger partial charge in [-0.1, -0.05) is 87.7 Å². The first-order chi connectivity index (χ1) is 21.3. The first kappa shape index (κ1) is 34.2. The number of sulfonamides is 1. The largest absolute Gasteiger partial charge is 0.352 e. The van der Waals surface area contributed by atoms with E-state index in [2.05, 4.69) is 21.2 Å². The predicted octanol–water partition coefficient (Wildman–Crippen LogP) is 7.08. The average molecular weight is 711 g/mol. The highest BCUT2D eigenvalue weighted by Crippen LogP contribution is 2.30. The number of anilines is 1. The average Bonchev–Trinajstić information content (AvgIpc) is 2.98. The van der Waals surface area contributed by atoms with Crippen LogP contribution < -0.4 is 9.62 Å². The van der Waals surface area contributed by atoms with E-state index in [-0.39, 0.29) is 29.8 Å². The molecule has 4 aromatic carbocycles. The van der Waals surface area contributed by atoms with Gasteiger partial charge in [0, 0.05) is 28.5 Å². The zero-order valence-corrected chi connectivity index (χ0v) is 28.9. The van der Waals surface area contributed by atoms with Crippen molar-refractivity contribution in [3.63, 3.8) is 0 Å². The summed E-state index contributed by atoms with van der Waals surface area (Å²) in [6.45, 7) is 6.88. The fraction of sp³-hybridized carbons (Fsp3) is 0.257. The molecule has 1 unspecified atom stereocenters. The van der Waals surface area contributed by atoms with E-state index in [0.717, 1.165) is 25.5 Å². The van der Waals surface area contributed by atoms with Crippen molar-refractivity contribution in [3.8, 4) is 0 Å². The van der Waals surface area contributed by atoms with Gasteiger partial charge in [-0.3, -0.25) is 13.9 Å². The van der Waals surface area contributed by atoms with Crippen molar-refractivity contribution in [1.82, 2.24) is 10.2 Å². The Hall–Kier alpha value is -3.66. The zero-order valence-electron chi connectivity index (χ0n) is 25.7. The van der Waals surface area contributed by atoms with Crippen LogP contribution in [0.2, 0.25) is 5.02 Å². The summed E-state index contributed by atoms with van der Waals surface area (Å²) in [5, 5.41) is 3.41. The van der Waals surface area contributed by atoms with Crippen molar-refractivity contribution in [3.05, 3.63) is 129 Å². The normalized spacial score (nSPS) is 12.1. The molecule has 45 heavy (non-hydrogen) atoms. The number of carbonyl (C=O) groups is 2. The van der Waals surface area contributed by atoms with Gasteiger partial charge in [-0.2, -0.15) is 0 Å². The molecule has 0 saturated carbocycles. The van der Waals surface area contributed by atoms with Crippen molar-refractivity contribution in [2.75, 3.05) is 10.8 Å². The molecule has 2 amide bonds. The summed E-state index contributed by atoms with van der Waals surface area (Å²) in [7, 11) is -4.20. The van der Waals surface area contributed by atoms with Crippen LogP contribution in [0, 0.1) is 13.8 Å².